The molecule has 18 heavy (non-hydrogen) atoms. The normalized spacial score (nSPS) is 34.0. The highest BCUT2D eigenvalue weighted by atomic mass is 16.3. The largest absolute Gasteiger partial charge is 0.394 e. The highest BCUT2D eigenvalue weighted by Gasteiger charge is 2.38. The molecule has 2 rings (SSSR count). The third-order valence-electron chi connectivity index (χ3n) is 5.30. The first kappa shape index (κ1) is 14.3. The molecule has 0 bridgehead atoms. The van der Waals surface area contributed by atoms with Crippen molar-refractivity contribution in [3.63, 3.8) is 0 Å². The van der Waals surface area contributed by atoms with Crippen LogP contribution in [0.5, 0.6) is 0 Å². The van der Waals surface area contributed by atoms with Crippen molar-refractivity contribution in [3.05, 3.63) is 0 Å². The zero-order chi connectivity index (χ0) is 13.2. The summed E-state index contributed by atoms with van der Waals surface area (Å²) in [6.07, 6.45) is 8.09. The minimum Gasteiger partial charge on any atom is -0.394 e. The lowest BCUT2D eigenvalue weighted by molar-refractivity contribution is 0.0484. The SMILES string of the molecule is CNC(C)(CO)CC(C)N1CCCC2CCCC21. The Morgan fingerprint density at radius 1 is 1.33 bits per heavy atom. The van der Waals surface area contributed by atoms with Gasteiger partial charge in [0.05, 0.1) is 6.61 Å². The van der Waals surface area contributed by atoms with E-state index in [4.69, 9.17) is 0 Å². The second-order valence-corrected chi connectivity index (χ2v) is 6.66. The van der Waals surface area contributed by atoms with Gasteiger partial charge in [0.1, 0.15) is 0 Å². The first-order valence-corrected chi connectivity index (χ1v) is 7.65. The lowest BCUT2D eigenvalue weighted by atomic mass is 9.87. The summed E-state index contributed by atoms with van der Waals surface area (Å²) in [5.74, 6) is 0.955. The number of likely N-dealkylation sites (N-methyl/N-ethyl adjacent to an activating group) is 1. The molecule has 1 saturated carbocycles. The summed E-state index contributed by atoms with van der Waals surface area (Å²) in [5, 5.41) is 12.8. The van der Waals surface area contributed by atoms with E-state index in [0.29, 0.717) is 6.04 Å². The molecule has 0 aromatic heterocycles. The third-order valence-corrected chi connectivity index (χ3v) is 5.30. The second-order valence-electron chi connectivity index (χ2n) is 6.66. The summed E-state index contributed by atoms with van der Waals surface area (Å²) in [5.41, 5.74) is -0.134. The zero-order valence-electron chi connectivity index (χ0n) is 12.3. The monoisotopic (exact) mass is 254 g/mol. The van der Waals surface area contributed by atoms with Crippen molar-refractivity contribution < 1.29 is 5.11 Å². The number of rotatable bonds is 5. The second kappa shape index (κ2) is 5.89. The van der Waals surface area contributed by atoms with E-state index in [9.17, 15) is 5.11 Å². The fraction of sp³-hybridized carbons (Fsp3) is 1.00. The molecule has 1 heterocycles. The van der Waals surface area contributed by atoms with Crippen LogP contribution >= 0.6 is 0 Å². The molecule has 2 aliphatic rings. The van der Waals surface area contributed by atoms with Gasteiger partial charge in [-0.25, -0.2) is 0 Å². The Balaban J connectivity index is 1.97. The molecule has 0 radical (unpaired) electrons. The van der Waals surface area contributed by atoms with E-state index in [0.717, 1.165) is 18.4 Å². The molecule has 3 heteroatoms. The van der Waals surface area contributed by atoms with Crippen LogP contribution in [-0.2, 0) is 0 Å². The zero-order valence-corrected chi connectivity index (χ0v) is 12.3. The van der Waals surface area contributed by atoms with Gasteiger partial charge in [0.15, 0.2) is 0 Å². The first-order valence-electron chi connectivity index (χ1n) is 7.65. The lowest BCUT2D eigenvalue weighted by Crippen LogP contribution is -2.53. The fourth-order valence-electron chi connectivity index (χ4n) is 4.05. The molecule has 0 spiro atoms. The topological polar surface area (TPSA) is 35.5 Å². The van der Waals surface area contributed by atoms with Crippen LogP contribution in [0, 0.1) is 5.92 Å². The van der Waals surface area contributed by atoms with Crippen molar-refractivity contribution in [1.29, 1.82) is 0 Å². The fourth-order valence-corrected chi connectivity index (χ4v) is 4.05. The van der Waals surface area contributed by atoms with Crippen LogP contribution in [-0.4, -0.2) is 47.8 Å². The summed E-state index contributed by atoms with van der Waals surface area (Å²) in [4.78, 5) is 2.73. The average Bonchev–Trinajstić information content (AvgIpc) is 2.86. The van der Waals surface area contributed by atoms with Crippen molar-refractivity contribution >= 4 is 0 Å². The Morgan fingerprint density at radius 2 is 2.06 bits per heavy atom. The van der Waals surface area contributed by atoms with Crippen LogP contribution in [0.2, 0.25) is 0 Å². The van der Waals surface area contributed by atoms with Gasteiger partial charge in [-0.2, -0.15) is 0 Å². The predicted molar refractivity (Wildman–Crippen MR) is 75.7 cm³/mol. The standard InChI is InChI=1S/C15H30N2O/c1-12(10-15(2,11-18)16-3)17-9-5-7-13-6-4-8-14(13)17/h12-14,16,18H,4-11H2,1-3H3. The molecule has 0 aromatic carbocycles. The maximum atomic E-state index is 9.54. The number of likely N-dealkylation sites (tertiary alicyclic amines) is 1. The van der Waals surface area contributed by atoms with Crippen LogP contribution in [0.3, 0.4) is 0 Å². The maximum Gasteiger partial charge on any atom is 0.0611 e. The van der Waals surface area contributed by atoms with Crippen molar-refractivity contribution in [2.75, 3.05) is 20.2 Å². The van der Waals surface area contributed by atoms with E-state index >= 15 is 0 Å². The van der Waals surface area contributed by atoms with Gasteiger partial charge in [0.25, 0.3) is 0 Å². The average molecular weight is 254 g/mol. The smallest absolute Gasteiger partial charge is 0.0611 e. The minimum absolute atomic E-state index is 0.134. The van der Waals surface area contributed by atoms with Gasteiger partial charge in [-0.1, -0.05) is 6.42 Å². The molecule has 2 fully saturated rings. The highest BCUT2D eigenvalue weighted by molar-refractivity contribution is 4.94. The molecular weight excluding hydrogens is 224 g/mol. The Kier molecular flexibility index (Phi) is 4.68. The number of hydrogen-bond donors (Lipinski definition) is 2. The molecule has 0 amide bonds. The Morgan fingerprint density at radius 3 is 2.72 bits per heavy atom. The Labute approximate surface area is 112 Å². The summed E-state index contributed by atoms with van der Waals surface area (Å²) >= 11 is 0. The van der Waals surface area contributed by atoms with Crippen LogP contribution in [0.15, 0.2) is 0 Å². The number of aliphatic hydroxyl groups excluding tert-OH is 1. The molecule has 4 atom stereocenters. The van der Waals surface area contributed by atoms with E-state index < -0.39 is 0 Å². The summed E-state index contributed by atoms with van der Waals surface area (Å²) in [6.45, 7) is 5.94. The molecule has 1 aliphatic carbocycles. The van der Waals surface area contributed by atoms with Gasteiger partial charge in [-0.3, -0.25) is 4.90 Å². The molecule has 1 aliphatic heterocycles. The maximum absolute atomic E-state index is 9.54. The van der Waals surface area contributed by atoms with Gasteiger partial charge in [-0.15, -0.1) is 0 Å². The lowest BCUT2D eigenvalue weighted by Gasteiger charge is -2.44. The number of nitrogens with zero attached hydrogens (tertiary/aromatic N) is 1. The van der Waals surface area contributed by atoms with E-state index in [1.807, 2.05) is 7.05 Å². The number of nitrogens with one attached hydrogen (secondary N) is 1. The van der Waals surface area contributed by atoms with Gasteiger partial charge < -0.3 is 10.4 Å². The van der Waals surface area contributed by atoms with Crippen molar-refractivity contribution in [3.8, 4) is 0 Å². The Hall–Kier alpha value is -0.120. The number of piperidine rings is 1. The van der Waals surface area contributed by atoms with Gasteiger partial charge in [-0.05, 0) is 65.5 Å². The summed E-state index contributed by atoms with van der Waals surface area (Å²) in [6, 6.07) is 1.40. The number of aliphatic hydroxyl groups is 1. The number of fused-ring (bicyclic) bond motifs is 1. The van der Waals surface area contributed by atoms with Crippen LogP contribution in [0.1, 0.15) is 52.4 Å². The highest BCUT2D eigenvalue weighted by Crippen LogP contribution is 2.38. The van der Waals surface area contributed by atoms with Gasteiger partial charge >= 0.3 is 0 Å². The minimum atomic E-state index is -0.134. The van der Waals surface area contributed by atoms with Crippen LogP contribution in [0.4, 0.5) is 0 Å². The first-order chi connectivity index (χ1) is 8.59. The Bertz CT molecular complexity index is 265. The van der Waals surface area contributed by atoms with Crippen molar-refractivity contribution in [2.45, 2.75) is 70.0 Å². The van der Waals surface area contributed by atoms with Gasteiger partial charge in [0, 0.05) is 17.6 Å². The van der Waals surface area contributed by atoms with E-state index in [1.54, 1.807) is 0 Å². The number of hydrogen-bond acceptors (Lipinski definition) is 3. The predicted octanol–water partition coefficient (Wildman–Crippen LogP) is 2.00. The molecular formula is C15H30N2O. The van der Waals surface area contributed by atoms with Crippen LogP contribution in [0.25, 0.3) is 0 Å². The third kappa shape index (κ3) is 2.89. The molecule has 4 unspecified atom stereocenters. The van der Waals surface area contributed by atoms with Gasteiger partial charge in [0.2, 0.25) is 0 Å². The molecule has 1 saturated heterocycles. The van der Waals surface area contributed by atoms with E-state index in [-0.39, 0.29) is 12.1 Å². The summed E-state index contributed by atoms with van der Waals surface area (Å²) < 4.78 is 0. The van der Waals surface area contributed by atoms with Crippen molar-refractivity contribution in [1.82, 2.24) is 10.2 Å². The molecule has 0 aromatic rings. The molecule has 2 N–H and O–H groups in total. The van der Waals surface area contributed by atoms with E-state index in [2.05, 4.69) is 24.1 Å². The van der Waals surface area contributed by atoms with Crippen molar-refractivity contribution in [2.24, 2.45) is 5.92 Å². The molecule has 106 valence electrons. The van der Waals surface area contributed by atoms with Crippen LogP contribution < -0.4 is 5.32 Å². The summed E-state index contributed by atoms with van der Waals surface area (Å²) in [7, 11) is 1.96. The molecule has 3 nitrogen and oxygen atoms in total. The quantitative estimate of drug-likeness (QED) is 0.788. The van der Waals surface area contributed by atoms with E-state index in [1.165, 1.54) is 38.6 Å².